The Hall–Kier alpha value is -4.12. The SMILES string of the molecule is CC(=O)Oc1cc2oc(=O)c(-c3ccc(CCCCCC(=O)On4c(O)ccc4O)s3)cc2cc1F. The van der Waals surface area contributed by atoms with Gasteiger partial charge in [-0.05, 0) is 43.5 Å². The van der Waals surface area contributed by atoms with E-state index in [-0.39, 0.29) is 29.5 Å². The zero-order valence-corrected chi connectivity index (χ0v) is 20.0. The minimum atomic E-state index is -0.741. The van der Waals surface area contributed by atoms with Crippen LogP contribution in [0.4, 0.5) is 4.39 Å². The Balaban J connectivity index is 1.33. The van der Waals surface area contributed by atoms with Crippen molar-refractivity contribution in [3.8, 4) is 28.0 Å². The van der Waals surface area contributed by atoms with E-state index >= 15 is 0 Å². The van der Waals surface area contributed by atoms with Crippen LogP contribution in [0, 0.1) is 5.82 Å². The number of nitrogens with zero attached hydrogens (tertiary/aromatic N) is 1. The van der Waals surface area contributed by atoms with E-state index in [1.165, 1.54) is 29.5 Å². The molecule has 3 heterocycles. The van der Waals surface area contributed by atoms with Crippen molar-refractivity contribution >= 4 is 34.2 Å². The van der Waals surface area contributed by atoms with Crippen LogP contribution < -0.4 is 15.2 Å². The Kier molecular flexibility index (Phi) is 7.39. The highest BCUT2D eigenvalue weighted by Gasteiger charge is 2.15. The monoisotopic (exact) mass is 515 g/mol. The standard InChI is InChI=1S/C25H22FNO8S/c1-14(28)33-20-13-19-15(12-18(20)26)11-17(25(32)34-19)21-8-7-16(36-21)5-3-2-4-6-24(31)35-27-22(29)9-10-23(27)30/h7-13,29-30H,2-6H2,1H3. The largest absolute Gasteiger partial charge is 0.492 e. The number of thiophene rings is 1. The summed E-state index contributed by atoms with van der Waals surface area (Å²) in [6.07, 6.45) is 2.96. The first-order chi connectivity index (χ1) is 17.2. The summed E-state index contributed by atoms with van der Waals surface area (Å²) >= 11 is 1.42. The minimum Gasteiger partial charge on any atom is -0.492 e. The average molecular weight is 516 g/mol. The molecular formula is C25H22FNO8S. The van der Waals surface area contributed by atoms with Gasteiger partial charge in [0.2, 0.25) is 11.8 Å². The van der Waals surface area contributed by atoms with E-state index in [4.69, 9.17) is 14.0 Å². The van der Waals surface area contributed by atoms with E-state index in [0.29, 0.717) is 27.0 Å². The summed E-state index contributed by atoms with van der Waals surface area (Å²) in [6, 6.07) is 9.99. The van der Waals surface area contributed by atoms with Crippen molar-refractivity contribution in [3.63, 3.8) is 0 Å². The van der Waals surface area contributed by atoms with Crippen LogP contribution >= 0.6 is 11.3 Å². The highest BCUT2D eigenvalue weighted by molar-refractivity contribution is 7.15. The molecule has 0 unspecified atom stereocenters. The number of aromatic hydroxyl groups is 2. The molecule has 1 aromatic carbocycles. The fourth-order valence-corrected chi connectivity index (χ4v) is 4.62. The van der Waals surface area contributed by atoms with Crippen molar-refractivity contribution in [2.75, 3.05) is 0 Å². The number of halogens is 1. The lowest BCUT2D eigenvalue weighted by atomic mass is 10.1. The maximum Gasteiger partial charge on any atom is 0.345 e. The third-order valence-electron chi connectivity index (χ3n) is 5.26. The number of fused-ring (bicyclic) bond motifs is 1. The second kappa shape index (κ2) is 10.6. The Morgan fingerprint density at radius 1 is 1.06 bits per heavy atom. The topological polar surface area (TPSA) is 128 Å². The zero-order valence-electron chi connectivity index (χ0n) is 19.2. The first-order valence-corrected chi connectivity index (χ1v) is 11.9. The number of hydrogen-bond donors (Lipinski definition) is 2. The summed E-state index contributed by atoms with van der Waals surface area (Å²) in [5.41, 5.74) is -0.175. The van der Waals surface area contributed by atoms with Crippen molar-refractivity contribution in [1.82, 2.24) is 4.73 Å². The molecule has 0 spiro atoms. The molecule has 0 amide bonds. The van der Waals surface area contributed by atoms with Crippen LogP contribution in [0.3, 0.4) is 0 Å². The summed E-state index contributed by atoms with van der Waals surface area (Å²) in [4.78, 5) is 42.1. The molecule has 0 fully saturated rings. The van der Waals surface area contributed by atoms with Crippen LogP contribution in [-0.4, -0.2) is 26.9 Å². The maximum absolute atomic E-state index is 14.3. The molecule has 4 rings (SSSR count). The highest BCUT2D eigenvalue weighted by Crippen LogP contribution is 2.31. The van der Waals surface area contributed by atoms with Gasteiger partial charge in [-0.2, -0.15) is 0 Å². The molecule has 0 aliphatic heterocycles. The van der Waals surface area contributed by atoms with Gasteiger partial charge in [0.05, 0.1) is 5.56 Å². The Morgan fingerprint density at radius 2 is 1.81 bits per heavy atom. The van der Waals surface area contributed by atoms with Gasteiger partial charge in [-0.15, -0.1) is 16.1 Å². The average Bonchev–Trinajstić information content (AvgIpc) is 3.41. The highest BCUT2D eigenvalue weighted by atomic mass is 32.1. The van der Waals surface area contributed by atoms with Crippen molar-refractivity contribution < 1.29 is 38.2 Å². The van der Waals surface area contributed by atoms with Gasteiger partial charge in [-0.3, -0.25) is 4.79 Å². The number of unbranched alkanes of at least 4 members (excludes halogenated alkanes) is 2. The molecule has 9 nitrogen and oxygen atoms in total. The van der Waals surface area contributed by atoms with E-state index in [0.717, 1.165) is 37.1 Å². The minimum absolute atomic E-state index is 0.110. The van der Waals surface area contributed by atoms with Gasteiger partial charge in [-0.25, -0.2) is 14.0 Å². The van der Waals surface area contributed by atoms with Crippen LogP contribution in [0.15, 0.2) is 51.7 Å². The molecule has 0 atom stereocenters. The maximum atomic E-state index is 14.3. The molecule has 0 saturated carbocycles. The van der Waals surface area contributed by atoms with Gasteiger partial charge in [0, 0.05) is 46.7 Å². The third-order valence-corrected chi connectivity index (χ3v) is 6.44. The number of ether oxygens (including phenoxy) is 1. The van der Waals surface area contributed by atoms with Crippen molar-refractivity contribution in [3.05, 3.63) is 63.6 Å². The molecule has 0 aliphatic rings. The van der Waals surface area contributed by atoms with Crippen molar-refractivity contribution in [2.24, 2.45) is 0 Å². The summed E-state index contributed by atoms with van der Waals surface area (Å²) < 4.78 is 25.0. The van der Waals surface area contributed by atoms with Crippen molar-refractivity contribution in [2.45, 2.75) is 39.0 Å². The van der Waals surface area contributed by atoms with E-state index in [2.05, 4.69) is 0 Å². The molecule has 0 radical (unpaired) electrons. The quantitative estimate of drug-likeness (QED) is 0.144. The van der Waals surface area contributed by atoms with Gasteiger partial charge in [0.15, 0.2) is 11.6 Å². The van der Waals surface area contributed by atoms with Crippen LogP contribution in [0.1, 0.15) is 37.5 Å². The molecule has 2 N–H and O–H groups in total. The normalized spacial score (nSPS) is 11.1. The van der Waals surface area contributed by atoms with E-state index in [1.54, 1.807) is 12.1 Å². The molecule has 36 heavy (non-hydrogen) atoms. The number of rotatable bonds is 9. The summed E-state index contributed by atoms with van der Waals surface area (Å²) in [5, 5.41) is 19.3. The smallest absolute Gasteiger partial charge is 0.345 e. The summed E-state index contributed by atoms with van der Waals surface area (Å²) in [6.45, 7) is 1.15. The van der Waals surface area contributed by atoms with Gasteiger partial charge in [0.25, 0.3) is 0 Å². The van der Waals surface area contributed by atoms with Gasteiger partial charge in [0.1, 0.15) is 5.58 Å². The Morgan fingerprint density at radius 3 is 2.53 bits per heavy atom. The molecule has 3 aromatic heterocycles. The molecule has 4 aromatic rings. The lowest BCUT2D eigenvalue weighted by molar-refractivity contribution is -0.145. The second-order valence-electron chi connectivity index (χ2n) is 8.00. The lowest BCUT2D eigenvalue weighted by Crippen LogP contribution is -2.18. The number of aryl methyl sites for hydroxylation is 1. The molecule has 0 aliphatic carbocycles. The predicted octanol–water partition coefficient (Wildman–Crippen LogP) is 4.56. The van der Waals surface area contributed by atoms with Crippen LogP contribution in [0.25, 0.3) is 21.4 Å². The summed E-state index contributed by atoms with van der Waals surface area (Å²) in [5.74, 6) is -3.04. The number of hydrogen-bond acceptors (Lipinski definition) is 9. The Bertz CT molecular complexity index is 1470. The summed E-state index contributed by atoms with van der Waals surface area (Å²) in [7, 11) is 0. The third kappa shape index (κ3) is 5.74. The zero-order chi connectivity index (χ0) is 25.8. The number of carbonyl (C=O) groups is 2. The van der Waals surface area contributed by atoms with E-state index in [1.807, 2.05) is 6.07 Å². The fourth-order valence-electron chi connectivity index (χ4n) is 3.57. The van der Waals surface area contributed by atoms with Crippen molar-refractivity contribution in [1.29, 1.82) is 0 Å². The van der Waals surface area contributed by atoms with Crippen LogP contribution in [0.2, 0.25) is 0 Å². The first kappa shape index (κ1) is 25.0. The number of aromatic nitrogens is 1. The number of carbonyl (C=O) groups excluding carboxylic acids is 2. The Labute approximate surface area is 207 Å². The molecule has 11 heteroatoms. The number of esters is 1. The molecule has 0 bridgehead atoms. The fraction of sp³-hybridized carbons (Fsp3) is 0.240. The second-order valence-corrected chi connectivity index (χ2v) is 9.16. The predicted molar refractivity (Wildman–Crippen MR) is 129 cm³/mol. The van der Waals surface area contributed by atoms with Crippen LogP contribution in [0.5, 0.6) is 17.5 Å². The van der Waals surface area contributed by atoms with E-state index < -0.39 is 23.4 Å². The lowest BCUT2D eigenvalue weighted by Gasteiger charge is -2.06. The molecular weight excluding hydrogens is 493 g/mol. The van der Waals surface area contributed by atoms with Gasteiger partial charge < -0.3 is 24.2 Å². The molecule has 0 saturated heterocycles. The first-order valence-electron chi connectivity index (χ1n) is 11.1. The van der Waals surface area contributed by atoms with Crippen LogP contribution in [-0.2, 0) is 16.0 Å². The van der Waals surface area contributed by atoms with Gasteiger partial charge in [-0.1, -0.05) is 6.42 Å². The number of benzene rings is 1. The van der Waals surface area contributed by atoms with E-state index in [9.17, 15) is 29.0 Å². The molecule has 188 valence electrons. The van der Waals surface area contributed by atoms with Gasteiger partial charge >= 0.3 is 17.6 Å².